The van der Waals surface area contributed by atoms with Crippen LogP contribution in [0.2, 0.25) is 0 Å². The molecule has 0 rings (SSSR count). The fourth-order valence-electron chi connectivity index (χ4n) is 0.282. The lowest BCUT2D eigenvalue weighted by atomic mass is 10.3. The van der Waals surface area contributed by atoms with Crippen LogP contribution in [0.4, 0.5) is 0 Å². The van der Waals surface area contributed by atoms with E-state index in [2.05, 4.69) is 13.2 Å². The van der Waals surface area contributed by atoms with Crippen LogP contribution < -0.4 is 5.73 Å². The average molecular weight is 125 g/mol. The molecule has 0 aromatic heterocycles. The summed E-state index contributed by atoms with van der Waals surface area (Å²) in [7, 11) is 0. The number of hydrogen-bond donors (Lipinski definition) is 2. The molecule has 0 aliphatic carbocycles. The molecule has 0 amide bonds. The number of hydrogen-bond acceptors (Lipinski definition) is 2. The Balaban J connectivity index is 3.71. The van der Waals surface area contributed by atoms with Gasteiger partial charge in [0.25, 0.3) is 0 Å². The van der Waals surface area contributed by atoms with Gasteiger partial charge in [0, 0.05) is 6.54 Å². The smallest absolute Gasteiger partial charge is 0.108 e. The molecule has 0 saturated heterocycles. The van der Waals surface area contributed by atoms with Crippen molar-refractivity contribution in [2.24, 2.45) is 5.73 Å². The monoisotopic (exact) mass is 125 g/mol. The minimum atomic E-state index is 0.0181. The molecule has 2 nitrogen and oxygen atoms in total. The van der Waals surface area contributed by atoms with E-state index in [0.717, 1.165) is 5.57 Å². The molecular weight excluding hydrogens is 114 g/mol. The Bertz CT molecular complexity index is 147. The molecule has 3 N–H and O–H groups in total. The maximum atomic E-state index is 8.53. The van der Waals surface area contributed by atoms with Crippen LogP contribution in [0, 0.1) is 0 Å². The van der Waals surface area contributed by atoms with Crippen molar-refractivity contribution >= 4 is 0 Å². The highest BCUT2D eigenvalue weighted by Gasteiger charge is 1.80. The van der Waals surface area contributed by atoms with Gasteiger partial charge in [-0.15, -0.1) is 0 Å². The van der Waals surface area contributed by atoms with Crippen LogP contribution >= 0.6 is 0 Å². The van der Waals surface area contributed by atoms with Crippen molar-refractivity contribution in [3.8, 4) is 0 Å². The predicted octanol–water partition coefficient (Wildman–Crippen LogP) is 1.13. The second-order valence-corrected chi connectivity index (χ2v) is 1.69. The highest BCUT2D eigenvalue weighted by Crippen LogP contribution is 1.91. The lowest BCUT2D eigenvalue weighted by molar-refractivity contribution is 0.435. The van der Waals surface area contributed by atoms with Crippen LogP contribution in [0.1, 0.15) is 0 Å². The van der Waals surface area contributed by atoms with Crippen LogP contribution in [0.25, 0.3) is 0 Å². The van der Waals surface area contributed by atoms with Crippen molar-refractivity contribution in [3.05, 3.63) is 36.6 Å². The van der Waals surface area contributed by atoms with Gasteiger partial charge in [-0.2, -0.15) is 0 Å². The Morgan fingerprint density at radius 3 is 2.33 bits per heavy atom. The van der Waals surface area contributed by atoms with Crippen LogP contribution in [0.15, 0.2) is 36.6 Å². The summed E-state index contributed by atoms with van der Waals surface area (Å²) in [5.74, 6) is 0.0181. The van der Waals surface area contributed by atoms with Gasteiger partial charge in [-0.1, -0.05) is 19.2 Å². The third-order valence-electron chi connectivity index (χ3n) is 0.774. The fourth-order valence-corrected chi connectivity index (χ4v) is 0.282. The van der Waals surface area contributed by atoms with E-state index >= 15 is 0 Å². The highest BCUT2D eigenvalue weighted by molar-refractivity contribution is 5.21. The molecule has 0 spiro atoms. The second-order valence-electron chi connectivity index (χ2n) is 1.69. The Kier molecular flexibility index (Phi) is 3.48. The van der Waals surface area contributed by atoms with Gasteiger partial charge in [-0.05, 0) is 11.6 Å². The normalized spacial score (nSPS) is 9.89. The summed E-state index contributed by atoms with van der Waals surface area (Å²) >= 11 is 0. The topological polar surface area (TPSA) is 46.2 Å². The summed E-state index contributed by atoms with van der Waals surface area (Å²) in [4.78, 5) is 0. The van der Waals surface area contributed by atoms with Crippen molar-refractivity contribution in [2.45, 2.75) is 0 Å². The molecule has 0 radical (unpaired) electrons. The molecule has 0 fully saturated rings. The average Bonchev–Trinajstić information content (AvgIpc) is 1.83. The van der Waals surface area contributed by atoms with Crippen molar-refractivity contribution in [1.29, 1.82) is 0 Å². The predicted molar refractivity (Wildman–Crippen MR) is 39.1 cm³/mol. The first-order chi connectivity index (χ1) is 4.16. The summed E-state index contributed by atoms with van der Waals surface area (Å²) in [5, 5.41) is 8.53. The van der Waals surface area contributed by atoms with E-state index in [1.165, 1.54) is 6.08 Å². The lowest BCUT2D eigenvalue weighted by Gasteiger charge is -1.89. The zero-order valence-electron chi connectivity index (χ0n) is 5.30. The quantitative estimate of drug-likeness (QED) is 0.438. The SMILES string of the molecule is C=C(O)/C=C\C(=C)CN. The summed E-state index contributed by atoms with van der Waals surface area (Å²) in [5.41, 5.74) is 5.96. The Hall–Kier alpha value is -1.02. The van der Waals surface area contributed by atoms with E-state index in [9.17, 15) is 0 Å². The van der Waals surface area contributed by atoms with Gasteiger partial charge in [0.1, 0.15) is 5.76 Å². The number of allylic oxidation sites excluding steroid dienone is 1. The summed E-state index contributed by atoms with van der Waals surface area (Å²) in [6, 6.07) is 0. The standard InChI is InChI=1S/C7H11NO/c1-6(5-8)3-4-7(2)9/h3-4,9H,1-2,5,8H2/b4-3-. The van der Waals surface area contributed by atoms with Crippen molar-refractivity contribution < 1.29 is 5.11 Å². The minimum absolute atomic E-state index is 0.0181. The molecule has 2 heteroatoms. The number of aliphatic hydroxyl groups is 1. The number of nitrogens with two attached hydrogens (primary N) is 1. The maximum absolute atomic E-state index is 8.53. The van der Waals surface area contributed by atoms with Crippen molar-refractivity contribution in [2.75, 3.05) is 6.54 Å². The van der Waals surface area contributed by atoms with Gasteiger partial charge in [-0.25, -0.2) is 0 Å². The Labute approximate surface area is 55.0 Å². The van der Waals surface area contributed by atoms with Crippen LogP contribution in [0.3, 0.4) is 0 Å². The van der Waals surface area contributed by atoms with E-state index in [-0.39, 0.29) is 5.76 Å². The number of rotatable bonds is 3. The minimum Gasteiger partial charge on any atom is -0.509 e. The summed E-state index contributed by atoms with van der Waals surface area (Å²) in [6.45, 7) is 7.24. The third kappa shape index (κ3) is 4.84. The van der Waals surface area contributed by atoms with Gasteiger partial charge < -0.3 is 10.8 Å². The molecule has 0 bridgehead atoms. The summed E-state index contributed by atoms with van der Waals surface area (Å²) in [6.07, 6.45) is 3.08. The Morgan fingerprint density at radius 1 is 1.44 bits per heavy atom. The largest absolute Gasteiger partial charge is 0.509 e. The van der Waals surface area contributed by atoms with Gasteiger partial charge in [0.05, 0.1) is 0 Å². The summed E-state index contributed by atoms with van der Waals surface area (Å²) < 4.78 is 0. The van der Waals surface area contributed by atoms with Crippen molar-refractivity contribution in [1.82, 2.24) is 0 Å². The molecule has 0 aliphatic rings. The van der Waals surface area contributed by atoms with Crippen LogP contribution in [-0.2, 0) is 0 Å². The van der Waals surface area contributed by atoms with E-state index in [4.69, 9.17) is 10.8 Å². The first-order valence-corrected chi connectivity index (χ1v) is 2.60. The van der Waals surface area contributed by atoms with E-state index in [0.29, 0.717) is 6.54 Å². The molecule has 0 aromatic rings. The molecule has 0 heterocycles. The molecule has 9 heavy (non-hydrogen) atoms. The fraction of sp³-hybridized carbons (Fsp3) is 0.143. The molecule has 0 aromatic carbocycles. The Morgan fingerprint density at radius 2 is 2.00 bits per heavy atom. The molecule has 0 aliphatic heterocycles. The maximum Gasteiger partial charge on any atom is 0.108 e. The van der Waals surface area contributed by atoms with Crippen LogP contribution in [0.5, 0.6) is 0 Å². The van der Waals surface area contributed by atoms with Gasteiger partial charge >= 0.3 is 0 Å². The first kappa shape index (κ1) is 7.98. The van der Waals surface area contributed by atoms with Crippen LogP contribution in [-0.4, -0.2) is 11.7 Å². The number of aliphatic hydroxyl groups excluding tert-OH is 1. The second kappa shape index (κ2) is 3.92. The van der Waals surface area contributed by atoms with E-state index in [1.807, 2.05) is 0 Å². The molecular formula is C7H11NO. The molecule has 50 valence electrons. The third-order valence-corrected chi connectivity index (χ3v) is 0.774. The zero-order valence-corrected chi connectivity index (χ0v) is 5.30. The lowest BCUT2D eigenvalue weighted by Crippen LogP contribution is -1.98. The van der Waals surface area contributed by atoms with Gasteiger partial charge in [-0.3, -0.25) is 0 Å². The van der Waals surface area contributed by atoms with Gasteiger partial charge in [0.2, 0.25) is 0 Å². The first-order valence-electron chi connectivity index (χ1n) is 2.60. The molecule has 0 saturated carbocycles. The van der Waals surface area contributed by atoms with E-state index < -0.39 is 0 Å². The van der Waals surface area contributed by atoms with E-state index in [1.54, 1.807) is 6.08 Å². The van der Waals surface area contributed by atoms with Gasteiger partial charge in [0.15, 0.2) is 0 Å². The molecule has 0 atom stereocenters. The zero-order chi connectivity index (χ0) is 7.28. The molecule has 0 unspecified atom stereocenters. The van der Waals surface area contributed by atoms with Crippen molar-refractivity contribution in [3.63, 3.8) is 0 Å². The highest BCUT2D eigenvalue weighted by atomic mass is 16.3.